The molecule has 0 aromatic heterocycles. The van der Waals surface area contributed by atoms with E-state index in [4.69, 9.17) is 0 Å². The van der Waals surface area contributed by atoms with E-state index in [1.54, 1.807) is 18.3 Å². The Labute approximate surface area is 117 Å². The van der Waals surface area contributed by atoms with Gasteiger partial charge in [0.25, 0.3) is 0 Å². The van der Waals surface area contributed by atoms with Crippen LogP contribution in [0, 0.1) is 0 Å². The van der Waals surface area contributed by atoms with Crippen LogP contribution in [0.3, 0.4) is 0 Å². The Morgan fingerprint density at radius 2 is 2.05 bits per heavy atom. The van der Waals surface area contributed by atoms with E-state index in [1.807, 2.05) is 0 Å². The fourth-order valence-electron chi connectivity index (χ4n) is 2.64. The summed E-state index contributed by atoms with van der Waals surface area (Å²) in [4.78, 5) is 2.26. The number of hydrogen-bond acceptors (Lipinski definition) is 4. The van der Waals surface area contributed by atoms with Crippen LogP contribution in [0.2, 0.25) is 0 Å². The van der Waals surface area contributed by atoms with Gasteiger partial charge in [0, 0.05) is 32.2 Å². The van der Waals surface area contributed by atoms with Gasteiger partial charge in [0.05, 0.1) is 5.25 Å². The molecule has 1 saturated heterocycles. The summed E-state index contributed by atoms with van der Waals surface area (Å²) in [5.41, 5.74) is 0. The van der Waals surface area contributed by atoms with Crippen LogP contribution >= 0.6 is 0 Å². The molecule has 0 aromatic carbocycles. The van der Waals surface area contributed by atoms with E-state index in [2.05, 4.69) is 17.3 Å². The lowest BCUT2D eigenvalue weighted by molar-refractivity contribution is 0.270. The largest absolute Gasteiger partial charge is 0.313 e. The van der Waals surface area contributed by atoms with E-state index >= 15 is 0 Å². The highest BCUT2D eigenvalue weighted by atomic mass is 32.2. The molecular formula is C13H27N3O2S. The summed E-state index contributed by atoms with van der Waals surface area (Å²) in [6.45, 7) is 4.07. The number of hydrogen-bond donors (Lipinski definition) is 1. The standard InChI is InChI=1S/C13H27N3O2S/c1-11(9-14-12-6-7-12)19(17,18)16(3)10-13-5-4-8-15(13)2/h11-14H,4-10H2,1-3H3. The molecular weight excluding hydrogens is 262 g/mol. The van der Waals surface area contributed by atoms with E-state index in [9.17, 15) is 8.42 Å². The van der Waals surface area contributed by atoms with Crippen molar-refractivity contribution in [1.82, 2.24) is 14.5 Å². The number of nitrogens with zero attached hydrogens (tertiary/aromatic N) is 2. The molecule has 1 saturated carbocycles. The Bertz CT molecular complexity index is 395. The molecule has 19 heavy (non-hydrogen) atoms. The van der Waals surface area contributed by atoms with Gasteiger partial charge in [-0.2, -0.15) is 0 Å². The van der Waals surface area contributed by atoms with Crippen LogP contribution in [0.1, 0.15) is 32.6 Å². The fraction of sp³-hybridized carbons (Fsp3) is 1.00. The zero-order valence-electron chi connectivity index (χ0n) is 12.3. The van der Waals surface area contributed by atoms with Crippen LogP contribution < -0.4 is 5.32 Å². The summed E-state index contributed by atoms with van der Waals surface area (Å²) in [6, 6.07) is 0.937. The molecule has 0 aromatic rings. The van der Waals surface area contributed by atoms with Crippen LogP contribution in [0.4, 0.5) is 0 Å². The molecule has 2 atom stereocenters. The van der Waals surface area contributed by atoms with Gasteiger partial charge < -0.3 is 10.2 Å². The van der Waals surface area contributed by atoms with E-state index in [1.165, 1.54) is 19.3 Å². The van der Waals surface area contributed by atoms with E-state index in [0.717, 1.165) is 13.0 Å². The molecule has 0 spiro atoms. The second-order valence-electron chi connectivity index (χ2n) is 6.10. The summed E-state index contributed by atoms with van der Waals surface area (Å²) >= 11 is 0. The lowest BCUT2D eigenvalue weighted by Crippen LogP contribution is -2.45. The van der Waals surface area contributed by atoms with Crippen molar-refractivity contribution in [3.05, 3.63) is 0 Å². The second kappa shape index (κ2) is 6.08. The zero-order chi connectivity index (χ0) is 14.0. The first kappa shape index (κ1) is 15.2. The number of likely N-dealkylation sites (N-methyl/N-ethyl adjacent to an activating group) is 2. The summed E-state index contributed by atoms with van der Waals surface area (Å²) < 4.78 is 26.4. The molecule has 1 aliphatic heterocycles. The number of rotatable bonds is 7. The van der Waals surface area contributed by atoms with Gasteiger partial charge in [0.1, 0.15) is 0 Å². The molecule has 5 nitrogen and oxygen atoms in total. The molecule has 2 unspecified atom stereocenters. The molecule has 1 heterocycles. The van der Waals surface area contributed by atoms with Gasteiger partial charge in [0.15, 0.2) is 0 Å². The Hall–Kier alpha value is -0.170. The van der Waals surface area contributed by atoms with E-state index < -0.39 is 10.0 Å². The Morgan fingerprint density at radius 3 is 2.58 bits per heavy atom. The smallest absolute Gasteiger partial charge is 0.217 e. The first-order valence-electron chi connectivity index (χ1n) is 7.30. The first-order valence-corrected chi connectivity index (χ1v) is 8.80. The minimum Gasteiger partial charge on any atom is -0.313 e. The van der Waals surface area contributed by atoms with Crippen molar-refractivity contribution in [2.24, 2.45) is 0 Å². The predicted molar refractivity (Wildman–Crippen MR) is 77.7 cm³/mol. The topological polar surface area (TPSA) is 52.7 Å². The van der Waals surface area contributed by atoms with Crippen molar-refractivity contribution in [2.45, 2.75) is 49.9 Å². The van der Waals surface area contributed by atoms with Crippen LogP contribution in [-0.2, 0) is 10.0 Å². The van der Waals surface area contributed by atoms with Gasteiger partial charge in [0.2, 0.25) is 10.0 Å². The number of sulfonamides is 1. The molecule has 0 radical (unpaired) electrons. The Morgan fingerprint density at radius 1 is 1.37 bits per heavy atom. The maximum absolute atomic E-state index is 12.4. The number of likely N-dealkylation sites (tertiary alicyclic amines) is 1. The molecule has 2 fully saturated rings. The SMILES string of the molecule is CC(CNC1CC1)S(=O)(=O)N(C)CC1CCCN1C. The summed E-state index contributed by atoms with van der Waals surface area (Å²) in [7, 11) is 0.623. The van der Waals surface area contributed by atoms with Crippen molar-refractivity contribution in [2.75, 3.05) is 33.7 Å². The highest BCUT2D eigenvalue weighted by Crippen LogP contribution is 2.20. The monoisotopic (exact) mass is 289 g/mol. The summed E-state index contributed by atoms with van der Waals surface area (Å²) in [5, 5.41) is 2.96. The van der Waals surface area contributed by atoms with Crippen molar-refractivity contribution >= 4 is 10.0 Å². The van der Waals surface area contributed by atoms with E-state index in [-0.39, 0.29) is 5.25 Å². The summed E-state index contributed by atoms with van der Waals surface area (Å²) in [5.74, 6) is 0. The average molecular weight is 289 g/mol. The molecule has 0 bridgehead atoms. The lowest BCUT2D eigenvalue weighted by Gasteiger charge is -2.27. The van der Waals surface area contributed by atoms with E-state index in [0.29, 0.717) is 25.2 Å². The van der Waals surface area contributed by atoms with Gasteiger partial charge in [-0.1, -0.05) is 0 Å². The van der Waals surface area contributed by atoms with Crippen LogP contribution in [0.25, 0.3) is 0 Å². The van der Waals surface area contributed by atoms with Gasteiger partial charge in [-0.3, -0.25) is 0 Å². The summed E-state index contributed by atoms with van der Waals surface area (Å²) in [6.07, 6.45) is 4.66. The maximum atomic E-state index is 12.4. The third-order valence-corrected chi connectivity index (χ3v) is 6.56. The molecule has 1 N–H and O–H groups in total. The van der Waals surface area contributed by atoms with Gasteiger partial charge in [-0.15, -0.1) is 0 Å². The third kappa shape index (κ3) is 3.90. The predicted octanol–water partition coefficient (Wildman–Crippen LogP) is 0.483. The van der Waals surface area contributed by atoms with Gasteiger partial charge in [-0.05, 0) is 46.2 Å². The van der Waals surface area contributed by atoms with Crippen molar-refractivity contribution in [1.29, 1.82) is 0 Å². The second-order valence-corrected chi connectivity index (χ2v) is 8.55. The Balaban J connectivity index is 1.85. The Kier molecular flexibility index (Phi) is 4.87. The first-order chi connectivity index (χ1) is 8.91. The lowest BCUT2D eigenvalue weighted by atomic mass is 10.2. The van der Waals surface area contributed by atoms with Crippen molar-refractivity contribution in [3.8, 4) is 0 Å². The molecule has 1 aliphatic carbocycles. The van der Waals surface area contributed by atoms with Gasteiger partial charge in [-0.25, -0.2) is 12.7 Å². The highest BCUT2D eigenvalue weighted by molar-refractivity contribution is 7.89. The quantitative estimate of drug-likeness (QED) is 0.741. The zero-order valence-corrected chi connectivity index (χ0v) is 13.1. The van der Waals surface area contributed by atoms with Gasteiger partial charge >= 0.3 is 0 Å². The van der Waals surface area contributed by atoms with Crippen LogP contribution in [0.15, 0.2) is 0 Å². The van der Waals surface area contributed by atoms with Crippen LogP contribution in [-0.4, -0.2) is 68.7 Å². The van der Waals surface area contributed by atoms with Crippen LogP contribution in [0.5, 0.6) is 0 Å². The molecule has 6 heteroatoms. The number of nitrogens with one attached hydrogen (secondary N) is 1. The average Bonchev–Trinajstić information content (AvgIpc) is 3.11. The molecule has 0 amide bonds. The molecule has 2 rings (SSSR count). The molecule has 112 valence electrons. The van der Waals surface area contributed by atoms with Crippen molar-refractivity contribution in [3.63, 3.8) is 0 Å². The fourth-order valence-corrected chi connectivity index (χ4v) is 3.94. The minimum atomic E-state index is -3.17. The normalized spacial score (nSPS) is 27.1. The van der Waals surface area contributed by atoms with Crippen molar-refractivity contribution < 1.29 is 8.42 Å². The third-order valence-electron chi connectivity index (χ3n) is 4.35. The minimum absolute atomic E-state index is 0.343. The highest BCUT2D eigenvalue weighted by Gasteiger charge is 2.31. The maximum Gasteiger partial charge on any atom is 0.217 e. The molecule has 2 aliphatic rings.